The maximum atomic E-state index is 16.6. The fraction of sp³-hybridized carbons (Fsp3) is 0.500. The molecule has 1 fully saturated rings. The van der Waals surface area contributed by atoms with Gasteiger partial charge in [-0.1, -0.05) is 64.7 Å². The van der Waals surface area contributed by atoms with Crippen LogP contribution in [0.2, 0.25) is 25.7 Å². The first-order chi connectivity index (χ1) is 21.1. The first kappa shape index (κ1) is 36.7. The second-order valence-electron chi connectivity index (χ2n) is 14.3. The largest absolute Gasteiger partial charge is 0.464 e. The number of rotatable bonds is 7. The van der Waals surface area contributed by atoms with Crippen LogP contribution in [0.3, 0.4) is 0 Å². The number of carboxylic acid groups (broad SMARTS) is 1. The van der Waals surface area contributed by atoms with E-state index in [0.717, 1.165) is 0 Å². The Morgan fingerprint density at radius 3 is 2.24 bits per heavy atom. The van der Waals surface area contributed by atoms with Crippen LogP contribution in [0.4, 0.5) is 25.4 Å². The summed E-state index contributed by atoms with van der Waals surface area (Å²) in [4.78, 5) is 40.0. The van der Waals surface area contributed by atoms with E-state index in [1.807, 2.05) is 0 Å². The second kappa shape index (κ2) is 13.9. The van der Waals surface area contributed by atoms with Gasteiger partial charge in [0.05, 0.1) is 18.0 Å². The molecule has 2 aromatic rings. The van der Waals surface area contributed by atoms with Crippen LogP contribution in [-0.2, 0) is 30.0 Å². The van der Waals surface area contributed by atoms with E-state index < -0.39 is 64.5 Å². The molecule has 3 rings (SSSR count). The van der Waals surface area contributed by atoms with Crippen molar-refractivity contribution in [3.05, 3.63) is 47.8 Å². The summed E-state index contributed by atoms with van der Waals surface area (Å²) in [5.41, 5.74) is -0.916. The topological polar surface area (TPSA) is 143 Å². The maximum absolute atomic E-state index is 16.6. The minimum Gasteiger partial charge on any atom is -0.464 e. The van der Waals surface area contributed by atoms with Crippen molar-refractivity contribution in [1.82, 2.24) is 5.32 Å². The highest BCUT2D eigenvalue weighted by molar-refractivity contribution is 7.72. The van der Waals surface area contributed by atoms with E-state index in [2.05, 4.69) is 25.0 Å². The average molecular weight is 678 g/mol. The quantitative estimate of drug-likeness (QED) is 0.260. The number of carbonyl (C=O) groups excluding carboxylic acids is 2. The Kier molecular flexibility index (Phi) is 11.1. The number of ether oxygens (including phenoxy) is 2. The molecule has 1 heterocycles. The summed E-state index contributed by atoms with van der Waals surface area (Å²) in [5, 5.41) is 12.0. The molecule has 1 aliphatic rings. The van der Waals surface area contributed by atoms with Gasteiger partial charge in [0, 0.05) is 25.7 Å². The summed E-state index contributed by atoms with van der Waals surface area (Å²) in [6, 6.07) is 8.87. The Labute approximate surface area is 272 Å². The number of hydrogen-bond acceptors (Lipinski definition) is 7. The van der Waals surface area contributed by atoms with Gasteiger partial charge >= 0.3 is 12.2 Å². The molecule has 1 saturated heterocycles. The number of alkyl carbamates (subject to hydrolysis) is 1. The first-order valence-electron chi connectivity index (χ1n) is 15.0. The van der Waals surface area contributed by atoms with Gasteiger partial charge in [0.2, 0.25) is 5.91 Å². The summed E-state index contributed by atoms with van der Waals surface area (Å²) in [7, 11) is -4.69. The third kappa shape index (κ3) is 8.95. The number of hydrogen-bond donors (Lipinski definition) is 2. The molecule has 252 valence electrons. The Morgan fingerprint density at radius 2 is 1.70 bits per heavy atom. The highest BCUT2D eigenvalue weighted by Gasteiger charge is 2.38. The van der Waals surface area contributed by atoms with Gasteiger partial charge < -0.3 is 24.8 Å². The van der Waals surface area contributed by atoms with Crippen LogP contribution in [0.1, 0.15) is 53.5 Å². The molecule has 0 radical (unpaired) electrons. The van der Waals surface area contributed by atoms with E-state index in [4.69, 9.17) is 9.47 Å². The molecule has 0 unspecified atom stereocenters. The van der Waals surface area contributed by atoms with Crippen LogP contribution in [0, 0.1) is 5.82 Å². The number of nitrogens with one attached hydrogen (secondary N) is 1. The number of carbonyl (C=O) groups is 3. The van der Waals surface area contributed by atoms with Gasteiger partial charge in [0.15, 0.2) is 5.82 Å². The van der Waals surface area contributed by atoms with Gasteiger partial charge in [-0.25, -0.2) is 18.9 Å². The van der Waals surface area contributed by atoms with Crippen molar-refractivity contribution in [2.24, 2.45) is 0 Å². The monoisotopic (exact) mass is 677 g/mol. The first-order valence-corrected chi connectivity index (χ1v) is 19.8. The predicted molar refractivity (Wildman–Crippen MR) is 179 cm³/mol. The molecule has 0 aromatic heterocycles. The van der Waals surface area contributed by atoms with E-state index in [1.165, 1.54) is 17.0 Å². The molecular formula is C32H44FN3O8SSi. The summed E-state index contributed by atoms with van der Waals surface area (Å²) < 4.78 is 52.1. The van der Waals surface area contributed by atoms with E-state index in [0.29, 0.717) is 16.5 Å². The number of amides is 3. The highest BCUT2D eigenvalue weighted by atomic mass is 32.2. The number of benzene rings is 2. The lowest BCUT2D eigenvalue weighted by Gasteiger charge is -2.29. The SMILES string of the molecule is CC(C)(C)OC(=O)N[C@H]1CCN(c2ccc(-c3ccccc3N(C(=O)O)C(OCC[Si](C)(C)C)=S(=O)=O)c(C(C)(C)C)c2F)C1=O. The Hall–Kier alpha value is -3.75. The zero-order valence-electron chi connectivity index (χ0n) is 27.9. The molecule has 11 nitrogen and oxygen atoms in total. The third-order valence-electron chi connectivity index (χ3n) is 7.09. The Balaban J connectivity index is 2.10. The average Bonchev–Trinajstić information content (AvgIpc) is 3.24. The number of halogens is 1. The van der Waals surface area contributed by atoms with Gasteiger partial charge in [-0.3, -0.25) is 4.79 Å². The summed E-state index contributed by atoms with van der Waals surface area (Å²) >= 11 is 0. The van der Waals surface area contributed by atoms with Crippen molar-refractivity contribution in [1.29, 1.82) is 0 Å². The molecule has 1 atom stereocenters. The van der Waals surface area contributed by atoms with Crippen LogP contribution in [0.5, 0.6) is 0 Å². The van der Waals surface area contributed by atoms with Gasteiger partial charge in [0.1, 0.15) is 11.6 Å². The van der Waals surface area contributed by atoms with Gasteiger partial charge in [-0.15, -0.1) is 0 Å². The fourth-order valence-corrected chi connectivity index (χ4v) is 6.26. The normalized spacial score (nSPS) is 15.5. The lowest BCUT2D eigenvalue weighted by Crippen LogP contribution is -2.44. The van der Waals surface area contributed by atoms with Crippen molar-refractivity contribution in [3.63, 3.8) is 0 Å². The van der Waals surface area contributed by atoms with Crippen LogP contribution in [0.25, 0.3) is 11.1 Å². The van der Waals surface area contributed by atoms with E-state index in [-0.39, 0.29) is 42.1 Å². The minimum absolute atomic E-state index is 0.00216. The molecule has 2 aromatic carbocycles. The predicted octanol–water partition coefficient (Wildman–Crippen LogP) is 6.23. The molecule has 0 saturated carbocycles. The fourth-order valence-electron chi connectivity index (χ4n) is 5.04. The van der Waals surface area contributed by atoms with E-state index in [9.17, 15) is 27.9 Å². The molecule has 46 heavy (non-hydrogen) atoms. The number of anilines is 2. The van der Waals surface area contributed by atoms with E-state index >= 15 is 4.39 Å². The van der Waals surface area contributed by atoms with Crippen LogP contribution in [-0.4, -0.2) is 69.7 Å². The molecule has 3 amide bonds. The van der Waals surface area contributed by atoms with Gasteiger partial charge in [-0.2, -0.15) is 8.42 Å². The lowest BCUT2D eigenvalue weighted by atomic mass is 9.80. The minimum atomic E-state index is -3.05. The van der Waals surface area contributed by atoms with E-state index in [1.54, 1.807) is 65.8 Å². The highest BCUT2D eigenvalue weighted by Crippen LogP contribution is 2.43. The molecule has 0 spiro atoms. The van der Waals surface area contributed by atoms with Crippen molar-refractivity contribution in [3.8, 4) is 11.1 Å². The van der Waals surface area contributed by atoms with Crippen molar-refractivity contribution in [2.75, 3.05) is 23.0 Å². The molecule has 0 bridgehead atoms. The van der Waals surface area contributed by atoms with Crippen molar-refractivity contribution < 1.29 is 41.8 Å². The standard InChI is InChI=1S/C32H44FN3O8SSi/c1-31(2,3)25-21(14-15-24(26(25)33)35-17-16-22(27(35)37)34-28(38)44-32(4,5)6)20-12-10-11-13-23(20)36(29(39)40)30(45(41)42)43-18-19-46(7,8)9/h10-15,22H,16-19H2,1-9H3,(H,34,38)(H,39,40)/t22-/m0/s1. The Morgan fingerprint density at radius 1 is 1.07 bits per heavy atom. The zero-order chi connectivity index (χ0) is 34.8. The van der Waals surface area contributed by atoms with Crippen LogP contribution >= 0.6 is 0 Å². The lowest BCUT2D eigenvalue weighted by molar-refractivity contribution is -0.118. The summed E-state index contributed by atoms with van der Waals surface area (Å²) in [6.07, 6.45) is -2.11. The maximum Gasteiger partial charge on any atom is 0.418 e. The molecule has 0 aliphatic carbocycles. The molecule has 2 N–H and O–H groups in total. The molecule has 14 heteroatoms. The third-order valence-corrected chi connectivity index (χ3v) is 9.38. The number of nitrogens with zero attached hydrogens (tertiary/aromatic N) is 2. The van der Waals surface area contributed by atoms with Gasteiger partial charge in [-0.05, 0) is 56.3 Å². The molecule has 1 aliphatic heterocycles. The smallest absolute Gasteiger partial charge is 0.418 e. The molecular weight excluding hydrogens is 634 g/mol. The summed E-state index contributed by atoms with van der Waals surface area (Å²) in [5.74, 6) is -1.20. The Bertz CT molecular complexity index is 1630. The second-order valence-corrected chi connectivity index (χ2v) is 20.8. The van der Waals surface area contributed by atoms with Crippen molar-refractivity contribution in [2.45, 2.75) is 90.7 Å². The summed E-state index contributed by atoms with van der Waals surface area (Å²) in [6.45, 7) is 16.8. The van der Waals surface area contributed by atoms with Gasteiger partial charge in [0.25, 0.3) is 15.5 Å². The van der Waals surface area contributed by atoms with Crippen molar-refractivity contribution >= 4 is 53.0 Å². The van der Waals surface area contributed by atoms with Crippen LogP contribution < -0.4 is 15.1 Å². The van der Waals surface area contributed by atoms with Crippen LogP contribution in [0.15, 0.2) is 36.4 Å². The zero-order valence-corrected chi connectivity index (χ0v) is 29.7. The number of para-hydroxylation sites is 1.